The van der Waals surface area contributed by atoms with E-state index in [0.717, 1.165) is 69.9 Å². The summed E-state index contributed by atoms with van der Waals surface area (Å²) < 4.78 is 11.0. The van der Waals surface area contributed by atoms with Gasteiger partial charge >= 0.3 is 0 Å². The third-order valence-electron chi connectivity index (χ3n) is 5.35. The molecular weight excluding hydrogens is 360 g/mol. The second kappa shape index (κ2) is 10.8. The molecule has 3 rings (SSSR count). The molecule has 0 radical (unpaired) electrons. The van der Waals surface area contributed by atoms with Crippen LogP contribution in [0.3, 0.4) is 0 Å². The second-order valence-corrected chi connectivity index (χ2v) is 7.50. The van der Waals surface area contributed by atoms with Gasteiger partial charge in [-0.3, -0.25) is 9.80 Å². The van der Waals surface area contributed by atoms with E-state index in [0.29, 0.717) is 0 Å². The summed E-state index contributed by atoms with van der Waals surface area (Å²) in [5.74, 6) is 0.947. The molecule has 0 aromatic heterocycles. The lowest BCUT2D eigenvalue weighted by molar-refractivity contribution is 0.0389. The van der Waals surface area contributed by atoms with Crippen LogP contribution < -0.4 is 15.4 Å². The summed E-state index contributed by atoms with van der Waals surface area (Å²) in [5, 5.41) is 7.50. The number of thiocarbonyl (C=S) groups is 1. The maximum atomic E-state index is 5.61. The van der Waals surface area contributed by atoms with E-state index in [-0.39, 0.29) is 6.04 Å². The Morgan fingerprint density at radius 3 is 2.63 bits per heavy atom. The van der Waals surface area contributed by atoms with E-state index in [1.54, 1.807) is 7.11 Å². The van der Waals surface area contributed by atoms with Crippen molar-refractivity contribution in [2.45, 2.75) is 18.9 Å². The minimum atomic E-state index is 0.266. The van der Waals surface area contributed by atoms with Gasteiger partial charge in [0.15, 0.2) is 5.11 Å². The average molecular weight is 393 g/mol. The largest absolute Gasteiger partial charge is 0.496 e. The zero-order valence-electron chi connectivity index (χ0n) is 16.3. The van der Waals surface area contributed by atoms with Crippen molar-refractivity contribution in [1.29, 1.82) is 0 Å². The van der Waals surface area contributed by atoms with Crippen LogP contribution in [0.2, 0.25) is 0 Å². The topological polar surface area (TPSA) is 49.0 Å². The summed E-state index contributed by atoms with van der Waals surface area (Å²) >= 11 is 5.51. The fourth-order valence-electron chi connectivity index (χ4n) is 3.83. The summed E-state index contributed by atoms with van der Waals surface area (Å²) in [6, 6.07) is 8.58. The average Bonchev–Trinajstić information content (AvgIpc) is 3.24. The molecule has 1 aromatic carbocycles. The molecule has 2 heterocycles. The molecule has 2 fully saturated rings. The van der Waals surface area contributed by atoms with E-state index in [2.05, 4.69) is 32.6 Å². The van der Waals surface area contributed by atoms with Gasteiger partial charge in [-0.15, -0.1) is 0 Å². The van der Waals surface area contributed by atoms with E-state index < -0.39 is 0 Å². The number of benzene rings is 1. The molecule has 0 saturated carbocycles. The lowest BCUT2D eigenvalue weighted by Gasteiger charge is -2.30. The maximum Gasteiger partial charge on any atom is 0.166 e. The van der Waals surface area contributed by atoms with Crippen molar-refractivity contribution in [2.24, 2.45) is 0 Å². The predicted molar refractivity (Wildman–Crippen MR) is 112 cm³/mol. The van der Waals surface area contributed by atoms with Crippen molar-refractivity contribution in [3.63, 3.8) is 0 Å². The monoisotopic (exact) mass is 392 g/mol. The third kappa shape index (κ3) is 6.04. The molecule has 2 aliphatic rings. The van der Waals surface area contributed by atoms with E-state index in [9.17, 15) is 0 Å². The van der Waals surface area contributed by atoms with Crippen molar-refractivity contribution >= 4 is 17.3 Å². The predicted octanol–water partition coefficient (Wildman–Crippen LogP) is 1.63. The number of hydrogen-bond acceptors (Lipinski definition) is 5. The van der Waals surface area contributed by atoms with E-state index in [4.69, 9.17) is 21.7 Å². The van der Waals surface area contributed by atoms with Crippen molar-refractivity contribution < 1.29 is 9.47 Å². The van der Waals surface area contributed by atoms with Crippen molar-refractivity contribution in [3.8, 4) is 5.75 Å². The molecule has 1 aromatic rings. The van der Waals surface area contributed by atoms with Crippen LogP contribution in [-0.2, 0) is 4.74 Å². The number of hydrogen-bond donors (Lipinski definition) is 2. The lowest BCUT2D eigenvalue weighted by Crippen LogP contribution is -2.45. The smallest absolute Gasteiger partial charge is 0.166 e. The third-order valence-corrected chi connectivity index (χ3v) is 5.64. The summed E-state index contributed by atoms with van der Waals surface area (Å²) in [5.41, 5.74) is 1.23. The number of morpholine rings is 1. The van der Waals surface area contributed by atoms with Crippen LogP contribution in [0, 0.1) is 0 Å². The molecule has 27 heavy (non-hydrogen) atoms. The van der Waals surface area contributed by atoms with Crippen LogP contribution in [0.25, 0.3) is 0 Å². The number of para-hydroxylation sites is 1. The normalized spacial score (nSPS) is 19.6. The number of nitrogens with zero attached hydrogens (tertiary/aromatic N) is 2. The first kappa shape index (κ1) is 20.3. The van der Waals surface area contributed by atoms with Crippen LogP contribution >= 0.6 is 12.2 Å². The maximum absolute atomic E-state index is 5.61. The first-order valence-corrected chi connectivity index (χ1v) is 10.4. The SMILES string of the molecule is COc1ccccc1C(CNC(=S)NCCN1CCOCC1)N1CCCC1. The molecule has 7 heteroatoms. The lowest BCUT2D eigenvalue weighted by atomic mass is 10.0. The Kier molecular flexibility index (Phi) is 8.13. The number of likely N-dealkylation sites (tertiary alicyclic amines) is 1. The van der Waals surface area contributed by atoms with Crippen molar-refractivity contribution in [2.75, 3.05) is 66.1 Å². The summed E-state index contributed by atoms with van der Waals surface area (Å²) in [4.78, 5) is 4.93. The van der Waals surface area contributed by atoms with Gasteiger partial charge in [-0.05, 0) is 44.2 Å². The van der Waals surface area contributed by atoms with Gasteiger partial charge in [-0.25, -0.2) is 0 Å². The molecule has 2 saturated heterocycles. The molecule has 1 atom stereocenters. The number of rotatable bonds is 8. The van der Waals surface area contributed by atoms with Crippen LogP contribution in [0.1, 0.15) is 24.4 Å². The zero-order valence-corrected chi connectivity index (χ0v) is 17.1. The Bertz CT molecular complexity index is 589. The first-order chi connectivity index (χ1) is 13.3. The molecule has 1 unspecified atom stereocenters. The quantitative estimate of drug-likeness (QED) is 0.652. The highest BCUT2D eigenvalue weighted by molar-refractivity contribution is 7.80. The van der Waals surface area contributed by atoms with Crippen LogP contribution in [0.5, 0.6) is 5.75 Å². The Labute approximate surface area is 168 Å². The Balaban J connectivity index is 1.50. The molecule has 6 nitrogen and oxygen atoms in total. The van der Waals surface area contributed by atoms with Gasteiger partial charge in [0.25, 0.3) is 0 Å². The highest BCUT2D eigenvalue weighted by atomic mass is 32.1. The highest BCUT2D eigenvalue weighted by Crippen LogP contribution is 2.31. The van der Waals surface area contributed by atoms with Gasteiger partial charge in [0, 0.05) is 38.3 Å². The standard InChI is InChI=1S/C20H32N4O2S/c1-25-19-7-3-2-6-17(19)18(24-9-4-5-10-24)16-22-20(27)21-8-11-23-12-14-26-15-13-23/h2-3,6-7,18H,4-5,8-16H2,1H3,(H2,21,22,27). The molecule has 150 valence electrons. The molecular formula is C20H32N4O2S. The van der Waals surface area contributed by atoms with E-state index in [1.807, 2.05) is 12.1 Å². The highest BCUT2D eigenvalue weighted by Gasteiger charge is 2.25. The first-order valence-electron chi connectivity index (χ1n) is 9.96. The minimum Gasteiger partial charge on any atom is -0.496 e. The molecule has 2 aliphatic heterocycles. The molecule has 2 N–H and O–H groups in total. The fraction of sp³-hybridized carbons (Fsp3) is 0.650. The number of ether oxygens (including phenoxy) is 2. The molecule has 0 amide bonds. The van der Waals surface area contributed by atoms with Gasteiger partial charge in [0.2, 0.25) is 0 Å². The van der Waals surface area contributed by atoms with Crippen LogP contribution in [0.4, 0.5) is 0 Å². The Morgan fingerprint density at radius 2 is 1.89 bits per heavy atom. The summed E-state index contributed by atoms with van der Waals surface area (Å²) in [7, 11) is 1.74. The Morgan fingerprint density at radius 1 is 1.15 bits per heavy atom. The van der Waals surface area contributed by atoms with E-state index in [1.165, 1.54) is 18.4 Å². The van der Waals surface area contributed by atoms with Crippen LogP contribution in [-0.4, -0.2) is 81.0 Å². The van der Waals surface area contributed by atoms with Gasteiger partial charge in [-0.1, -0.05) is 18.2 Å². The van der Waals surface area contributed by atoms with Gasteiger partial charge in [0.1, 0.15) is 5.75 Å². The van der Waals surface area contributed by atoms with Crippen molar-refractivity contribution in [1.82, 2.24) is 20.4 Å². The minimum absolute atomic E-state index is 0.266. The van der Waals surface area contributed by atoms with Crippen molar-refractivity contribution in [3.05, 3.63) is 29.8 Å². The van der Waals surface area contributed by atoms with Gasteiger partial charge in [-0.2, -0.15) is 0 Å². The number of nitrogens with one attached hydrogen (secondary N) is 2. The Hall–Kier alpha value is -1.41. The fourth-order valence-corrected chi connectivity index (χ4v) is 4.02. The van der Waals surface area contributed by atoms with E-state index >= 15 is 0 Å². The van der Waals surface area contributed by atoms with Crippen LogP contribution in [0.15, 0.2) is 24.3 Å². The second-order valence-electron chi connectivity index (χ2n) is 7.09. The molecule has 0 bridgehead atoms. The summed E-state index contributed by atoms with van der Waals surface area (Å²) in [6.45, 7) is 8.56. The molecule has 0 spiro atoms. The summed E-state index contributed by atoms with van der Waals surface area (Å²) in [6.07, 6.45) is 2.52. The van der Waals surface area contributed by atoms with Gasteiger partial charge in [0.05, 0.1) is 26.4 Å². The molecule has 0 aliphatic carbocycles. The zero-order chi connectivity index (χ0) is 18.9. The number of methoxy groups -OCH3 is 1. The van der Waals surface area contributed by atoms with Gasteiger partial charge < -0.3 is 20.1 Å².